The molecule has 0 bridgehead atoms. The average Bonchev–Trinajstić information content (AvgIpc) is 2.84. The zero-order valence-corrected chi connectivity index (χ0v) is 14.2. The van der Waals surface area contributed by atoms with E-state index in [9.17, 15) is 0 Å². The third-order valence-corrected chi connectivity index (χ3v) is 4.93. The molecular weight excluding hydrogens is 260 g/mol. The molecule has 0 radical (unpaired) electrons. The minimum Gasteiger partial charge on any atom is -0.312 e. The summed E-state index contributed by atoms with van der Waals surface area (Å²) in [5, 5.41) is 8.46. The summed E-state index contributed by atoms with van der Waals surface area (Å²) in [7, 11) is 0. The summed E-state index contributed by atoms with van der Waals surface area (Å²) in [5.41, 5.74) is 1.21. The summed E-state index contributed by atoms with van der Waals surface area (Å²) in [5.74, 6) is 0.739. The summed E-state index contributed by atoms with van der Waals surface area (Å²) >= 11 is 0. The summed E-state index contributed by atoms with van der Waals surface area (Å²) in [6.45, 7) is 13.5. The quantitative estimate of drug-likeness (QED) is 0.875. The standard InChI is InChI=1S/C17H32N4/c1-5-14(3)17-13-20(10-7-9-18-17)12-16-8-11-21(19-16)15(4)6-2/h8,11,14-15,17-18H,5-7,9-10,12-13H2,1-4H3. The maximum Gasteiger partial charge on any atom is 0.0764 e. The van der Waals surface area contributed by atoms with Gasteiger partial charge in [0.1, 0.15) is 0 Å². The van der Waals surface area contributed by atoms with E-state index in [0.29, 0.717) is 12.1 Å². The monoisotopic (exact) mass is 292 g/mol. The molecule has 1 aromatic rings. The van der Waals surface area contributed by atoms with Gasteiger partial charge < -0.3 is 5.32 Å². The van der Waals surface area contributed by atoms with Crippen LogP contribution in [0.3, 0.4) is 0 Å². The van der Waals surface area contributed by atoms with Crippen molar-refractivity contribution in [3.05, 3.63) is 18.0 Å². The van der Waals surface area contributed by atoms with Crippen molar-refractivity contribution in [2.45, 2.75) is 65.6 Å². The Morgan fingerprint density at radius 1 is 1.33 bits per heavy atom. The molecule has 2 rings (SSSR count). The lowest BCUT2D eigenvalue weighted by molar-refractivity contribution is 0.228. The van der Waals surface area contributed by atoms with Crippen LogP contribution in [0.15, 0.2) is 12.3 Å². The zero-order chi connectivity index (χ0) is 15.2. The van der Waals surface area contributed by atoms with Crippen molar-refractivity contribution >= 4 is 0 Å². The second-order valence-corrected chi connectivity index (χ2v) is 6.58. The second-order valence-electron chi connectivity index (χ2n) is 6.58. The third kappa shape index (κ3) is 4.55. The van der Waals surface area contributed by atoms with Gasteiger partial charge in [-0.1, -0.05) is 27.2 Å². The fraction of sp³-hybridized carbons (Fsp3) is 0.824. The Morgan fingerprint density at radius 3 is 2.86 bits per heavy atom. The Labute approximate surface area is 129 Å². The average molecular weight is 292 g/mol. The predicted molar refractivity (Wildman–Crippen MR) is 88.4 cm³/mol. The van der Waals surface area contributed by atoms with E-state index in [4.69, 9.17) is 5.10 Å². The van der Waals surface area contributed by atoms with E-state index in [1.54, 1.807) is 0 Å². The summed E-state index contributed by atoms with van der Waals surface area (Å²) in [6.07, 6.45) is 5.74. The van der Waals surface area contributed by atoms with Gasteiger partial charge in [-0.05, 0) is 44.8 Å². The predicted octanol–water partition coefficient (Wildman–Crippen LogP) is 3.06. The van der Waals surface area contributed by atoms with E-state index in [0.717, 1.165) is 32.0 Å². The molecule has 0 aromatic carbocycles. The van der Waals surface area contributed by atoms with Crippen molar-refractivity contribution in [3.8, 4) is 0 Å². The van der Waals surface area contributed by atoms with Crippen molar-refractivity contribution in [1.82, 2.24) is 20.0 Å². The van der Waals surface area contributed by atoms with Crippen LogP contribution in [0.5, 0.6) is 0 Å². The molecule has 1 aliphatic heterocycles. The number of nitrogens with zero attached hydrogens (tertiary/aromatic N) is 3. The van der Waals surface area contributed by atoms with E-state index in [1.165, 1.54) is 25.1 Å². The molecule has 4 heteroatoms. The van der Waals surface area contributed by atoms with Crippen LogP contribution in [0.25, 0.3) is 0 Å². The fourth-order valence-corrected chi connectivity index (χ4v) is 2.96. The highest BCUT2D eigenvalue weighted by molar-refractivity contribution is 5.00. The highest BCUT2D eigenvalue weighted by Gasteiger charge is 2.22. The van der Waals surface area contributed by atoms with Gasteiger partial charge in [-0.25, -0.2) is 0 Å². The lowest BCUT2D eigenvalue weighted by Crippen LogP contribution is -2.41. The molecule has 2 heterocycles. The van der Waals surface area contributed by atoms with Gasteiger partial charge in [0, 0.05) is 31.4 Å². The van der Waals surface area contributed by atoms with Crippen molar-refractivity contribution in [3.63, 3.8) is 0 Å². The number of hydrogen-bond acceptors (Lipinski definition) is 3. The maximum absolute atomic E-state index is 4.75. The Kier molecular flexibility index (Phi) is 6.24. The summed E-state index contributed by atoms with van der Waals surface area (Å²) in [4.78, 5) is 2.57. The van der Waals surface area contributed by atoms with Crippen LogP contribution in [0, 0.1) is 5.92 Å². The Bertz CT molecular complexity index is 415. The molecule has 21 heavy (non-hydrogen) atoms. The van der Waals surface area contributed by atoms with Crippen molar-refractivity contribution in [2.75, 3.05) is 19.6 Å². The molecule has 0 amide bonds. The van der Waals surface area contributed by atoms with Crippen molar-refractivity contribution in [2.24, 2.45) is 5.92 Å². The van der Waals surface area contributed by atoms with E-state index in [-0.39, 0.29) is 0 Å². The van der Waals surface area contributed by atoms with Crippen LogP contribution >= 0.6 is 0 Å². The topological polar surface area (TPSA) is 33.1 Å². The van der Waals surface area contributed by atoms with E-state index < -0.39 is 0 Å². The SMILES string of the molecule is CCC(C)C1CN(Cc2ccn(C(C)CC)n2)CCCN1. The first kappa shape index (κ1) is 16.5. The van der Waals surface area contributed by atoms with Crippen LogP contribution in [0.2, 0.25) is 0 Å². The lowest BCUT2D eigenvalue weighted by atomic mass is 9.99. The number of rotatable bonds is 6. The second kappa shape index (κ2) is 7.95. The largest absolute Gasteiger partial charge is 0.312 e. The van der Waals surface area contributed by atoms with Gasteiger partial charge in [0.15, 0.2) is 0 Å². The Balaban J connectivity index is 1.95. The lowest BCUT2D eigenvalue weighted by Gasteiger charge is -2.27. The molecule has 0 aliphatic carbocycles. The van der Waals surface area contributed by atoms with Gasteiger partial charge in [-0.15, -0.1) is 0 Å². The van der Waals surface area contributed by atoms with Gasteiger partial charge in [-0.3, -0.25) is 9.58 Å². The fourth-order valence-electron chi connectivity index (χ4n) is 2.96. The first-order chi connectivity index (χ1) is 10.1. The van der Waals surface area contributed by atoms with Gasteiger partial charge >= 0.3 is 0 Å². The molecular formula is C17H32N4. The van der Waals surface area contributed by atoms with Crippen LogP contribution < -0.4 is 5.32 Å². The summed E-state index contributed by atoms with van der Waals surface area (Å²) < 4.78 is 2.11. The molecule has 4 nitrogen and oxygen atoms in total. The molecule has 1 aliphatic rings. The molecule has 0 saturated carbocycles. The number of aromatic nitrogens is 2. The molecule has 120 valence electrons. The Morgan fingerprint density at radius 2 is 2.14 bits per heavy atom. The van der Waals surface area contributed by atoms with Crippen molar-refractivity contribution < 1.29 is 0 Å². The Hall–Kier alpha value is -0.870. The van der Waals surface area contributed by atoms with Crippen LogP contribution in [0.4, 0.5) is 0 Å². The number of nitrogens with one attached hydrogen (secondary N) is 1. The van der Waals surface area contributed by atoms with Crippen LogP contribution in [-0.2, 0) is 6.54 Å². The van der Waals surface area contributed by atoms with Gasteiger partial charge in [0.05, 0.1) is 5.69 Å². The smallest absolute Gasteiger partial charge is 0.0764 e. The van der Waals surface area contributed by atoms with Gasteiger partial charge in [0.2, 0.25) is 0 Å². The third-order valence-electron chi connectivity index (χ3n) is 4.93. The normalized spacial score (nSPS) is 23.7. The molecule has 1 N–H and O–H groups in total. The minimum atomic E-state index is 0.498. The first-order valence-corrected chi connectivity index (χ1v) is 8.63. The van der Waals surface area contributed by atoms with E-state index in [1.807, 2.05) is 0 Å². The minimum absolute atomic E-state index is 0.498. The molecule has 1 saturated heterocycles. The van der Waals surface area contributed by atoms with Gasteiger partial charge in [-0.2, -0.15) is 5.10 Å². The molecule has 0 spiro atoms. The molecule has 3 atom stereocenters. The highest BCUT2D eigenvalue weighted by Crippen LogP contribution is 2.15. The molecule has 3 unspecified atom stereocenters. The summed E-state index contributed by atoms with van der Waals surface area (Å²) in [6, 6.07) is 3.30. The van der Waals surface area contributed by atoms with Crippen LogP contribution in [-0.4, -0.2) is 40.4 Å². The van der Waals surface area contributed by atoms with Gasteiger partial charge in [0.25, 0.3) is 0 Å². The highest BCUT2D eigenvalue weighted by atomic mass is 15.3. The molecule has 1 fully saturated rings. The number of hydrogen-bond donors (Lipinski definition) is 1. The van der Waals surface area contributed by atoms with Crippen LogP contribution in [0.1, 0.15) is 58.7 Å². The first-order valence-electron chi connectivity index (χ1n) is 8.63. The zero-order valence-electron chi connectivity index (χ0n) is 14.2. The molecule has 1 aromatic heterocycles. The van der Waals surface area contributed by atoms with Crippen molar-refractivity contribution in [1.29, 1.82) is 0 Å². The van der Waals surface area contributed by atoms with E-state index >= 15 is 0 Å². The van der Waals surface area contributed by atoms with E-state index in [2.05, 4.69) is 54.9 Å². The maximum atomic E-state index is 4.75.